The maximum absolute atomic E-state index is 5.35. The summed E-state index contributed by atoms with van der Waals surface area (Å²) < 4.78 is 5.35. The lowest BCUT2D eigenvalue weighted by Crippen LogP contribution is -1.95. The summed E-state index contributed by atoms with van der Waals surface area (Å²) in [6.45, 7) is 6.08. The van der Waals surface area contributed by atoms with Crippen molar-refractivity contribution in [3.8, 4) is 16.5 Å². The van der Waals surface area contributed by atoms with Crippen molar-refractivity contribution in [2.45, 2.75) is 20.8 Å². The molecule has 0 atom stereocenters. The Morgan fingerprint density at radius 1 is 0.950 bits per heavy atom. The Morgan fingerprint density at radius 3 is 2.15 bits per heavy atom. The molecule has 0 saturated carbocycles. The fourth-order valence-electron chi connectivity index (χ4n) is 1.85. The summed E-state index contributed by atoms with van der Waals surface area (Å²) in [4.78, 5) is 11.5. The Kier molecular flexibility index (Phi) is 4.69. The third kappa shape index (κ3) is 2.80. The SMILES string of the molecule is CC.COc1nc2ccccc2nc1-c1ccc(C)s1. The van der Waals surface area contributed by atoms with Crippen molar-refractivity contribution in [2.75, 3.05) is 7.11 Å². The van der Waals surface area contributed by atoms with E-state index in [0.717, 1.165) is 21.6 Å². The highest BCUT2D eigenvalue weighted by Crippen LogP contribution is 2.33. The van der Waals surface area contributed by atoms with Crippen LogP contribution in [0.2, 0.25) is 0 Å². The number of hydrogen-bond donors (Lipinski definition) is 0. The van der Waals surface area contributed by atoms with Crippen LogP contribution in [-0.2, 0) is 0 Å². The molecule has 0 radical (unpaired) electrons. The van der Waals surface area contributed by atoms with Gasteiger partial charge in [-0.3, -0.25) is 0 Å². The lowest BCUT2D eigenvalue weighted by Gasteiger charge is -2.06. The van der Waals surface area contributed by atoms with Crippen LogP contribution in [-0.4, -0.2) is 17.1 Å². The average molecular weight is 286 g/mol. The van der Waals surface area contributed by atoms with Crippen molar-refractivity contribution >= 4 is 22.4 Å². The van der Waals surface area contributed by atoms with Crippen LogP contribution in [0, 0.1) is 6.92 Å². The second-order valence-corrected chi connectivity index (χ2v) is 5.27. The molecule has 0 saturated heterocycles. The van der Waals surface area contributed by atoms with Crippen LogP contribution in [0.3, 0.4) is 0 Å². The number of fused-ring (bicyclic) bond motifs is 1. The normalized spacial score (nSPS) is 10.0. The minimum absolute atomic E-state index is 0.579. The van der Waals surface area contributed by atoms with Crippen LogP contribution in [0.5, 0.6) is 5.88 Å². The Hall–Kier alpha value is -1.94. The van der Waals surface area contributed by atoms with E-state index in [0.29, 0.717) is 5.88 Å². The largest absolute Gasteiger partial charge is 0.479 e. The fraction of sp³-hybridized carbons (Fsp3) is 0.250. The van der Waals surface area contributed by atoms with E-state index in [1.54, 1.807) is 18.4 Å². The minimum atomic E-state index is 0.579. The first-order valence-electron chi connectivity index (χ1n) is 6.65. The molecule has 0 bridgehead atoms. The number of rotatable bonds is 2. The van der Waals surface area contributed by atoms with E-state index in [4.69, 9.17) is 4.74 Å². The number of hydrogen-bond acceptors (Lipinski definition) is 4. The molecule has 3 aromatic rings. The van der Waals surface area contributed by atoms with Gasteiger partial charge >= 0.3 is 0 Å². The predicted octanol–water partition coefficient (Wildman–Crippen LogP) is 4.70. The highest BCUT2D eigenvalue weighted by Gasteiger charge is 2.12. The number of ether oxygens (including phenoxy) is 1. The summed E-state index contributed by atoms with van der Waals surface area (Å²) in [5.74, 6) is 0.579. The van der Waals surface area contributed by atoms with Crippen LogP contribution < -0.4 is 4.74 Å². The molecular formula is C16H18N2OS. The van der Waals surface area contributed by atoms with Crippen molar-refractivity contribution in [3.63, 3.8) is 0 Å². The molecule has 0 unspecified atom stereocenters. The molecule has 0 aliphatic rings. The topological polar surface area (TPSA) is 35.0 Å². The molecule has 0 aliphatic carbocycles. The zero-order chi connectivity index (χ0) is 14.5. The lowest BCUT2D eigenvalue weighted by molar-refractivity contribution is 0.400. The molecule has 0 aliphatic heterocycles. The predicted molar refractivity (Wildman–Crippen MR) is 85.5 cm³/mol. The van der Waals surface area contributed by atoms with Gasteiger partial charge in [-0.25, -0.2) is 9.97 Å². The van der Waals surface area contributed by atoms with Gasteiger partial charge in [0.2, 0.25) is 5.88 Å². The van der Waals surface area contributed by atoms with Crippen LogP contribution >= 0.6 is 11.3 Å². The van der Waals surface area contributed by atoms with Gasteiger partial charge in [-0.2, -0.15) is 0 Å². The first-order chi connectivity index (χ1) is 9.78. The highest BCUT2D eigenvalue weighted by atomic mass is 32.1. The summed E-state index contributed by atoms with van der Waals surface area (Å²) >= 11 is 1.70. The van der Waals surface area contributed by atoms with E-state index in [9.17, 15) is 0 Å². The summed E-state index contributed by atoms with van der Waals surface area (Å²) in [5, 5.41) is 0. The molecule has 0 spiro atoms. The highest BCUT2D eigenvalue weighted by molar-refractivity contribution is 7.15. The number of benzene rings is 1. The van der Waals surface area contributed by atoms with Crippen LogP contribution in [0.1, 0.15) is 18.7 Å². The zero-order valence-electron chi connectivity index (χ0n) is 12.2. The molecule has 1 aromatic carbocycles. The lowest BCUT2D eigenvalue weighted by atomic mass is 10.2. The van der Waals surface area contributed by atoms with Gasteiger partial charge in [-0.05, 0) is 31.2 Å². The second kappa shape index (κ2) is 6.48. The standard InChI is InChI=1S/C14H12N2OS.C2H6/c1-9-7-8-12(18-9)13-14(17-2)16-11-6-4-3-5-10(11)15-13;1-2/h3-8H,1-2H3;1-2H3. The Morgan fingerprint density at radius 2 is 1.60 bits per heavy atom. The molecule has 2 aromatic heterocycles. The summed E-state index contributed by atoms with van der Waals surface area (Å²) in [5.41, 5.74) is 2.56. The van der Waals surface area contributed by atoms with Crippen molar-refractivity contribution in [1.82, 2.24) is 9.97 Å². The van der Waals surface area contributed by atoms with E-state index in [-0.39, 0.29) is 0 Å². The first-order valence-corrected chi connectivity index (χ1v) is 7.47. The molecule has 2 heterocycles. The number of aryl methyl sites for hydroxylation is 1. The van der Waals surface area contributed by atoms with E-state index < -0.39 is 0 Å². The quantitative estimate of drug-likeness (QED) is 0.685. The van der Waals surface area contributed by atoms with Gasteiger partial charge in [0.15, 0.2) is 0 Å². The molecule has 20 heavy (non-hydrogen) atoms. The Balaban J connectivity index is 0.000000704. The molecule has 4 heteroatoms. The summed E-state index contributed by atoms with van der Waals surface area (Å²) in [6.07, 6.45) is 0. The van der Waals surface area contributed by atoms with Crippen LogP contribution in [0.4, 0.5) is 0 Å². The van der Waals surface area contributed by atoms with Gasteiger partial charge < -0.3 is 4.74 Å². The van der Waals surface area contributed by atoms with E-state index in [1.807, 2.05) is 38.1 Å². The molecular weight excluding hydrogens is 268 g/mol. The van der Waals surface area contributed by atoms with Crippen molar-refractivity contribution < 1.29 is 4.74 Å². The summed E-state index contributed by atoms with van der Waals surface area (Å²) in [7, 11) is 1.63. The van der Waals surface area contributed by atoms with Crippen LogP contribution in [0.15, 0.2) is 36.4 Å². The fourth-order valence-corrected chi connectivity index (χ4v) is 2.70. The van der Waals surface area contributed by atoms with Crippen molar-refractivity contribution in [3.05, 3.63) is 41.3 Å². The first kappa shape index (κ1) is 14.5. The molecule has 3 rings (SSSR count). The van der Waals surface area contributed by atoms with E-state index in [2.05, 4.69) is 29.0 Å². The third-order valence-corrected chi connectivity index (χ3v) is 3.71. The number of methoxy groups -OCH3 is 1. The third-order valence-electron chi connectivity index (χ3n) is 2.71. The van der Waals surface area contributed by atoms with Crippen LogP contribution in [0.25, 0.3) is 21.6 Å². The maximum Gasteiger partial charge on any atom is 0.241 e. The molecule has 3 nitrogen and oxygen atoms in total. The van der Waals surface area contributed by atoms with Gasteiger partial charge in [0.25, 0.3) is 0 Å². The number of para-hydroxylation sites is 2. The van der Waals surface area contributed by atoms with Gasteiger partial charge in [0.05, 0.1) is 23.0 Å². The average Bonchev–Trinajstić information content (AvgIpc) is 2.94. The van der Waals surface area contributed by atoms with Gasteiger partial charge in [-0.1, -0.05) is 26.0 Å². The monoisotopic (exact) mass is 286 g/mol. The maximum atomic E-state index is 5.35. The number of aromatic nitrogens is 2. The van der Waals surface area contributed by atoms with Crippen molar-refractivity contribution in [1.29, 1.82) is 0 Å². The molecule has 0 fully saturated rings. The number of nitrogens with zero attached hydrogens (tertiary/aromatic N) is 2. The van der Waals surface area contributed by atoms with Crippen molar-refractivity contribution in [2.24, 2.45) is 0 Å². The minimum Gasteiger partial charge on any atom is -0.479 e. The van der Waals surface area contributed by atoms with E-state index >= 15 is 0 Å². The zero-order valence-corrected chi connectivity index (χ0v) is 13.0. The van der Waals surface area contributed by atoms with Gasteiger partial charge in [0, 0.05) is 4.88 Å². The second-order valence-electron chi connectivity index (χ2n) is 3.98. The van der Waals surface area contributed by atoms with E-state index in [1.165, 1.54) is 4.88 Å². The molecule has 104 valence electrons. The summed E-state index contributed by atoms with van der Waals surface area (Å²) in [6, 6.07) is 12.0. The Bertz CT molecular complexity index is 707. The molecule has 0 N–H and O–H groups in total. The smallest absolute Gasteiger partial charge is 0.241 e. The Labute approximate surface area is 123 Å². The number of thiophene rings is 1. The molecule has 0 amide bonds. The van der Waals surface area contributed by atoms with Gasteiger partial charge in [0.1, 0.15) is 5.69 Å². The van der Waals surface area contributed by atoms with Gasteiger partial charge in [-0.15, -0.1) is 11.3 Å².